The van der Waals surface area contributed by atoms with Gasteiger partial charge in [0, 0.05) is 18.2 Å². The van der Waals surface area contributed by atoms with Gasteiger partial charge in [0.2, 0.25) is 0 Å². The van der Waals surface area contributed by atoms with Crippen LogP contribution in [0.1, 0.15) is 24.0 Å². The molecule has 96 valence electrons. The molecule has 0 aromatic heterocycles. The zero-order chi connectivity index (χ0) is 12.8. The van der Waals surface area contributed by atoms with E-state index in [0.29, 0.717) is 12.6 Å². The summed E-state index contributed by atoms with van der Waals surface area (Å²) in [5.41, 5.74) is 7.63. The summed E-state index contributed by atoms with van der Waals surface area (Å²) >= 11 is 0. The molecule has 1 atom stereocenters. The Balaban J connectivity index is 2.05. The number of rotatable bonds is 3. The molecule has 1 unspecified atom stereocenters. The Labute approximate surface area is 109 Å². The number of aliphatic hydroxyl groups is 1. The van der Waals surface area contributed by atoms with Crippen molar-refractivity contribution in [1.82, 2.24) is 4.90 Å². The highest BCUT2D eigenvalue weighted by Crippen LogP contribution is 2.19. The largest absolute Gasteiger partial charge is 0.395 e. The van der Waals surface area contributed by atoms with E-state index in [9.17, 15) is 5.11 Å². The van der Waals surface area contributed by atoms with Gasteiger partial charge in [-0.3, -0.25) is 4.90 Å². The molecule has 0 aliphatic carbocycles. The molecule has 1 heterocycles. The van der Waals surface area contributed by atoms with Crippen LogP contribution in [0.3, 0.4) is 0 Å². The number of hydrogen-bond acceptors (Lipinski definition) is 3. The number of likely N-dealkylation sites (tertiary alicyclic amines) is 1. The lowest BCUT2D eigenvalue weighted by atomic mass is 10.1. The maximum atomic E-state index is 9.31. The normalized spacial score (nSPS) is 19.6. The summed E-state index contributed by atoms with van der Waals surface area (Å²) in [6.07, 6.45) is 2.28. The summed E-state index contributed by atoms with van der Waals surface area (Å²) in [5.74, 6) is 5.92. The van der Waals surface area contributed by atoms with Crippen molar-refractivity contribution in [3.05, 3.63) is 35.4 Å². The van der Waals surface area contributed by atoms with Crippen molar-refractivity contribution in [3.8, 4) is 11.8 Å². The molecule has 0 spiro atoms. The van der Waals surface area contributed by atoms with E-state index in [0.717, 1.165) is 25.1 Å². The van der Waals surface area contributed by atoms with E-state index in [2.05, 4.69) is 28.9 Å². The van der Waals surface area contributed by atoms with Crippen LogP contribution in [0.2, 0.25) is 0 Å². The second kappa shape index (κ2) is 6.55. The van der Waals surface area contributed by atoms with Gasteiger partial charge in [0.05, 0.1) is 13.2 Å². The average Bonchev–Trinajstić information content (AvgIpc) is 2.84. The van der Waals surface area contributed by atoms with Crippen LogP contribution in [0.5, 0.6) is 0 Å². The maximum absolute atomic E-state index is 9.31. The third-order valence-electron chi connectivity index (χ3n) is 3.36. The van der Waals surface area contributed by atoms with Gasteiger partial charge in [-0.25, -0.2) is 0 Å². The van der Waals surface area contributed by atoms with E-state index in [1.807, 2.05) is 12.1 Å². The molecule has 1 aromatic carbocycles. The number of aliphatic hydroxyl groups excluding tert-OH is 1. The molecule has 3 heteroatoms. The van der Waals surface area contributed by atoms with Crippen molar-refractivity contribution >= 4 is 0 Å². The van der Waals surface area contributed by atoms with Crippen molar-refractivity contribution in [3.63, 3.8) is 0 Å². The molecular weight excluding hydrogens is 224 g/mol. The van der Waals surface area contributed by atoms with Gasteiger partial charge in [-0.05, 0) is 37.1 Å². The standard InChI is InChI=1S/C15H20N2O/c16-8-2-6-13-4-1-5-14(10-13)11-17-9-3-7-15(17)12-18/h1,4-5,10,15,18H,3,7-9,11-12,16H2. The Bertz CT molecular complexity index is 447. The lowest BCUT2D eigenvalue weighted by molar-refractivity contribution is 0.153. The lowest BCUT2D eigenvalue weighted by Crippen LogP contribution is -2.31. The highest BCUT2D eigenvalue weighted by molar-refractivity contribution is 5.37. The van der Waals surface area contributed by atoms with Crippen LogP contribution in [0.4, 0.5) is 0 Å². The summed E-state index contributed by atoms with van der Waals surface area (Å²) < 4.78 is 0. The summed E-state index contributed by atoms with van der Waals surface area (Å²) in [7, 11) is 0. The maximum Gasteiger partial charge on any atom is 0.0587 e. The predicted octanol–water partition coefficient (Wildman–Crippen LogP) is 0.954. The van der Waals surface area contributed by atoms with Crippen LogP contribution in [-0.4, -0.2) is 35.7 Å². The smallest absolute Gasteiger partial charge is 0.0587 e. The van der Waals surface area contributed by atoms with Crippen LogP contribution in [-0.2, 0) is 6.54 Å². The molecule has 0 amide bonds. The van der Waals surface area contributed by atoms with Gasteiger partial charge >= 0.3 is 0 Å². The van der Waals surface area contributed by atoms with Crippen LogP contribution in [0, 0.1) is 11.8 Å². The minimum absolute atomic E-state index is 0.257. The number of hydrogen-bond donors (Lipinski definition) is 2. The molecule has 2 rings (SSSR count). The van der Waals surface area contributed by atoms with Crippen molar-refractivity contribution in [2.24, 2.45) is 5.73 Å². The third kappa shape index (κ3) is 3.33. The van der Waals surface area contributed by atoms with Gasteiger partial charge in [-0.1, -0.05) is 24.0 Å². The van der Waals surface area contributed by atoms with Gasteiger partial charge in [0.15, 0.2) is 0 Å². The Hall–Kier alpha value is -1.34. The molecule has 1 aliphatic rings. The van der Waals surface area contributed by atoms with E-state index in [1.165, 1.54) is 12.0 Å². The molecule has 1 aliphatic heterocycles. The first-order valence-electron chi connectivity index (χ1n) is 6.46. The fourth-order valence-electron chi connectivity index (χ4n) is 2.45. The molecule has 1 fully saturated rings. The Kier molecular flexibility index (Phi) is 4.77. The number of nitrogens with two attached hydrogens (primary N) is 1. The molecule has 1 aromatic rings. The third-order valence-corrected chi connectivity index (χ3v) is 3.36. The summed E-state index contributed by atoms with van der Waals surface area (Å²) in [6.45, 7) is 2.61. The van der Waals surface area contributed by atoms with Crippen molar-refractivity contribution in [2.45, 2.75) is 25.4 Å². The quantitative estimate of drug-likeness (QED) is 0.778. The zero-order valence-corrected chi connectivity index (χ0v) is 10.6. The second-order valence-electron chi connectivity index (χ2n) is 4.66. The molecule has 0 saturated carbocycles. The highest BCUT2D eigenvalue weighted by Gasteiger charge is 2.23. The van der Waals surface area contributed by atoms with Crippen molar-refractivity contribution in [2.75, 3.05) is 19.7 Å². The van der Waals surface area contributed by atoms with Gasteiger partial charge in [0.25, 0.3) is 0 Å². The zero-order valence-electron chi connectivity index (χ0n) is 10.6. The first kappa shape index (κ1) is 13.1. The number of nitrogens with zero attached hydrogens (tertiary/aromatic N) is 1. The van der Waals surface area contributed by atoms with Crippen LogP contribution < -0.4 is 5.73 Å². The molecule has 3 nitrogen and oxygen atoms in total. The fourth-order valence-corrected chi connectivity index (χ4v) is 2.45. The lowest BCUT2D eigenvalue weighted by Gasteiger charge is -2.22. The molecule has 1 saturated heterocycles. The van der Waals surface area contributed by atoms with E-state index < -0.39 is 0 Å². The van der Waals surface area contributed by atoms with Crippen LogP contribution in [0.25, 0.3) is 0 Å². The van der Waals surface area contributed by atoms with E-state index in [4.69, 9.17) is 5.73 Å². The molecule has 0 bridgehead atoms. The van der Waals surface area contributed by atoms with E-state index >= 15 is 0 Å². The Morgan fingerprint density at radius 3 is 3.11 bits per heavy atom. The van der Waals surface area contributed by atoms with Gasteiger partial charge in [-0.2, -0.15) is 0 Å². The van der Waals surface area contributed by atoms with Crippen LogP contribution in [0.15, 0.2) is 24.3 Å². The first-order chi connectivity index (χ1) is 8.83. The Morgan fingerprint density at radius 2 is 2.33 bits per heavy atom. The molecular formula is C15H20N2O. The average molecular weight is 244 g/mol. The van der Waals surface area contributed by atoms with Crippen LogP contribution >= 0.6 is 0 Å². The van der Waals surface area contributed by atoms with Gasteiger partial charge in [0.1, 0.15) is 0 Å². The van der Waals surface area contributed by atoms with Crippen molar-refractivity contribution < 1.29 is 5.11 Å². The van der Waals surface area contributed by atoms with E-state index in [1.54, 1.807) is 0 Å². The topological polar surface area (TPSA) is 49.5 Å². The SMILES string of the molecule is NCC#Cc1cccc(CN2CCCC2CO)c1. The van der Waals surface area contributed by atoms with Crippen molar-refractivity contribution in [1.29, 1.82) is 0 Å². The summed E-state index contributed by atoms with van der Waals surface area (Å²) in [5, 5.41) is 9.31. The molecule has 3 N–H and O–H groups in total. The monoisotopic (exact) mass is 244 g/mol. The van der Waals surface area contributed by atoms with Gasteiger partial charge in [-0.15, -0.1) is 0 Å². The number of benzene rings is 1. The highest BCUT2D eigenvalue weighted by atomic mass is 16.3. The molecule has 18 heavy (non-hydrogen) atoms. The van der Waals surface area contributed by atoms with E-state index in [-0.39, 0.29) is 6.61 Å². The Morgan fingerprint density at radius 1 is 1.44 bits per heavy atom. The summed E-state index contributed by atoms with van der Waals surface area (Å²) in [4.78, 5) is 2.34. The minimum Gasteiger partial charge on any atom is -0.395 e. The second-order valence-corrected chi connectivity index (χ2v) is 4.66. The fraction of sp³-hybridized carbons (Fsp3) is 0.467. The summed E-state index contributed by atoms with van der Waals surface area (Å²) in [6, 6.07) is 8.57. The van der Waals surface area contributed by atoms with Gasteiger partial charge < -0.3 is 10.8 Å². The minimum atomic E-state index is 0.257. The predicted molar refractivity (Wildman–Crippen MR) is 72.9 cm³/mol. The molecule has 0 radical (unpaired) electrons. The first-order valence-corrected chi connectivity index (χ1v) is 6.46.